The van der Waals surface area contributed by atoms with Crippen LogP contribution in [0.3, 0.4) is 0 Å². The predicted octanol–water partition coefficient (Wildman–Crippen LogP) is 2.61. The fourth-order valence-electron chi connectivity index (χ4n) is 4.56. The Kier molecular flexibility index (Phi) is 7.32. The van der Waals surface area contributed by atoms with Crippen LogP contribution in [0.1, 0.15) is 76.9 Å². The van der Waals surface area contributed by atoms with Gasteiger partial charge in [-0.3, -0.25) is 0 Å². The van der Waals surface area contributed by atoms with E-state index >= 15 is 0 Å². The quantitative estimate of drug-likeness (QED) is 0.720. The third kappa shape index (κ3) is 5.19. The smallest absolute Gasteiger partial charge is 0.151 e. The van der Waals surface area contributed by atoms with Gasteiger partial charge in [-0.25, -0.2) is 4.68 Å². The molecule has 26 heavy (non-hydrogen) atoms. The Morgan fingerprint density at radius 1 is 0.808 bits per heavy atom. The summed E-state index contributed by atoms with van der Waals surface area (Å²) in [5.41, 5.74) is 0. The molecule has 1 aromatic rings. The summed E-state index contributed by atoms with van der Waals surface area (Å²) < 4.78 is 1.75. The predicted molar refractivity (Wildman–Crippen MR) is 107 cm³/mol. The van der Waals surface area contributed by atoms with Gasteiger partial charge in [-0.2, -0.15) is 0 Å². The van der Waals surface area contributed by atoms with E-state index in [9.17, 15) is 0 Å². The molecule has 148 valence electrons. The van der Waals surface area contributed by atoms with E-state index in [4.69, 9.17) is 5.84 Å². The first-order valence-electron chi connectivity index (χ1n) is 10.8. The molecule has 2 N–H and O–H groups in total. The highest BCUT2D eigenvalue weighted by molar-refractivity contribution is 4.97. The molecule has 2 aliphatic heterocycles. The van der Waals surface area contributed by atoms with Gasteiger partial charge in [0, 0.05) is 24.9 Å². The molecule has 6 nitrogen and oxygen atoms in total. The normalized spacial score (nSPS) is 25.6. The van der Waals surface area contributed by atoms with Gasteiger partial charge >= 0.3 is 0 Å². The third-order valence-electron chi connectivity index (χ3n) is 6.41. The molecule has 0 aromatic carbocycles. The summed E-state index contributed by atoms with van der Waals surface area (Å²) in [5.74, 6) is 8.14. The second kappa shape index (κ2) is 9.70. The van der Waals surface area contributed by atoms with Crippen LogP contribution in [-0.4, -0.2) is 62.9 Å². The van der Waals surface area contributed by atoms with Crippen molar-refractivity contribution in [2.45, 2.75) is 90.1 Å². The van der Waals surface area contributed by atoms with Gasteiger partial charge in [-0.15, -0.1) is 10.2 Å². The maximum absolute atomic E-state index is 6.26. The van der Waals surface area contributed by atoms with Crippen molar-refractivity contribution in [2.75, 3.05) is 32.0 Å². The number of aromatic nitrogens is 3. The van der Waals surface area contributed by atoms with Gasteiger partial charge in [0.2, 0.25) is 0 Å². The Morgan fingerprint density at radius 3 is 1.69 bits per heavy atom. The second-order valence-electron chi connectivity index (χ2n) is 8.37. The molecule has 1 aromatic heterocycles. The fourth-order valence-corrected chi connectivity index (χ4v) is 4.56. The number of rotatable bonds is 8. The van der Waals surface area contributed by atoms with Crippen LogP contribution in [0.2, 0.25) is 0 Å². The van der Waals surface area contributed by atoms with Gasteiger partial charge in [0.15, 0.2) is 11.6 Å². The highest BCUT2D eigenvalue weighted by Gasteiger charge is 2.19. The molecule has 2 saturated heterocycles. The van der Waals surface area contributed by atoms with Crippen LogP contribution in [0.5, 0.6) is 0 Å². The molecule has 3 rings (SSSR count). The number of hydrogen-bond acceptors (Lipinski definition) is 5. The van der Waals surface area contributed by atoms with Crippen LogP contribution < -0.4 is 5.84 Å². The van der Waals surface area contributed by atoms with Crippen molar-refractivity contribution in [1.29, 1.82) is 0 Å². The van der Waals surface area contributed by atoms with E-state index in [0.717, 1.165) is 62.5 Å². The summed E-state index contributed by atoms with van der Waals surface area (Å²) in [7, 11) is 0. The lowest BCUT2D eigenvalue weighted by Gasteiger charge is -2.33. The van der Waals surface area contributed by atoms with Gasteiger partial charge in [0.1, 0.15) is 0 Å². The topological polar surface area (TPSA) is 63.2 Å². The Balaban J connectivity index is 1.39. The molecule has 0 aliphatic carbocycles. The maximum Gasteiger partial charge on any atom is 0.151 e. The molecule has 2 fully saturated rings. The molecular weight excluding hydrogens is 324 g/mol. The van der Waals surface area contributed by atoms with Crippen molar-refractivity contribution < 1.29 is 0 Å². The summed E-state index contributed by atoms with van der Waals surface area (Å²) in [4.78, 5) is 5.23. The first-order chi connectivity index (χ1) is 12.6. The zero-order valence-corrected chi connectivity index (χ0v) is 16.9. The van der Waals surface area contributed by atoms with Gasteiger partial charge in [-0.05, 0) is 78.6 Å². The highest BCUT2D eigenvalue weighted by Crippen LogP contribution is 2.18. The monoisotopic (exact) mass is 362 g/mol. The third-order valence-corrected chi connectivity index (χ3v) is 6.41. The van der Waals surface area contributed by atoms with Gasteiger partial charge in [0.05, 0.1) is 0 Å². The van der Waals surface area contributed by atoms with Crippen molar-refractivity contribution in [3.63, 3.8) is 0 Å². The number of likely N-dealkylation sites (tertiary alicyclic amines) is 2. The largest absolute Gasteiger partial charge is 0.336 e. The zero-order valence-electron chi connectivity index (χ0n) is 16.9. The molecule has 0 bridgehead atoms. The van der Waals surface area contributed by atoms with Crippen LogP contribution in [0.25, 0.3) is 0 Å². The average Bonchev–Trinajstić information content (AvgIpc) is 2.99. The highest BCUT2D eigenvalue weighted by atomic mass is 15.4. The van der Waals surface area contributed by atoms with E-state index in [1.165, 1.54) is 51.6 Å². The van der Waals surface area contributed by atoms with Gasteiger partial charge in [0.25, 0.3) is 0 Å². The lowest BCUT2D eigenvalue weighted by Crippen LogP contribution is -2.38. The molecule has 0 saturated carbocycles. The fraction of sp³-hybridized carbons (Fsp3) is 0.900. The number of aryl methyl sites for hydroxylation is 2. The van der Waals surface area contributed by atoms with E-state index in [0.29, 0.717) is 0 Å². The zero-order chi connectivity index (χ0) is 18.4. The Morgan fingerprint density at radius 2 is 1.27 bits per heavy atom. The SMILES string of the molecule is C[C@@H]1CCCCN1CCCc1nnc(CCCN2CCCC[C@H]2C)n1N. The second-order valence-corrected chi connectivity index (χ2v) is 8.37. The minimum Gasteiger partial charge on any atom is -0.336 e. The van der Waals surface area contributed by atoms with Gasteiger partial charge < -0.3 is 15.6 Å². The van der Waals surface area contributed by atoms with Crippen LogP contribution in [0.4, 0.5) is 0 Å². The summed E-state index contributed by atoms with van der Waals surface area (Å²) in [5, 5.41) is 8.71. The molecule has 3 heterocycles. The Bertz CT molecular complexity index is 497. The molecule has 0 unspecified atom stereocenters. The summed E-state index contributed by atoms with van der Waals surface area (Å²) in [6.45, 7) is 9.50. The molecular formula is C20H38N6. The molecule has 2 atom stereocenters. The molecule has 0 amide bonds. The molecule has 2 aliphatic rings. The molecule has 6 heteroatoms. The van der Waals surface area contributed by atoms with Crippen LogP contribution >= 0.6 is 0 Å². The van der Waals surface area contributed by atoms with Crippen molar-refractivity contribution in [3.8, 4) is 0 Å². The van der Waals surface area contributed by atoms with Crippen LogP contribution in [0, 0.1) is 0 Å². The number of piperidine rings is 2. The van der Waals surface area contributed by atoms with E-state index in [-0.39, 0.29) is 0 Å². The average molecular weight is 363 g/mol. The Hall–Kier alpha value is -1.14. The van der Waals surface area contributed by atoms with Crippen molar-refractivity contribution in [2.24, 2.45) is 0 Å². The summed E-state index contributed by atoms with van der Waals surface area (Å²) in [6, 6.07) is 1.46. The number of nitrogens with two attached hydrogens (primary N) is 1. The van der Waals surface area contributed by atoms with Crippen LogP contribution in [0.15, 0.2) is 0 Å². The van der Waals surface area contributed by atoms with E-state index in [2.05, 4.69) is 33.8 Å². The molecule has 0 radical (unpaired) electrons. The van der Waals surface area contributed by atoms with Crippen molar-refractivity contribution in [3.05, 3.63) is 11.6 Å². The van der Waals surface area contributed by atoms with Crippen molar-refractivity contribution >= 4 is 0 Å². The minimum absolute atomic E-state index is 0.729. The number of nitrogen functional groups attached to an aromatic ring is 1. The number of nitrogens with zero attached hydrogens (tertiary/aromatic N) is 5. The lowest BCUT2D eigenvalue weighted by molar-refractivity contribution is 0.158. The van der Waals surface area contributed by atoms with Gasteiger partial charge in [-0.1, -0.05) is 12.8 Å². The first kappa shape index (κ1) is 19.6. The van der Waals surface area contributed by atoms with Crippen LogP contribution in [-0.2, 0) is 12.8 Å². The summed E-state index contributed by atoms with van der Waals surface area (Å²) >= 11 is 0. The minimum atomic E-state index is 0.729. The lowest BCUT2D eigenvalue weighted by atomic mass is 10.0. The first-order valence-corrected chi connectivity index (χ1v) is 10.8. The number of hydrogen-bond donors (Lipinski definition) is 1. The van der Waals surface area contributed by atoms with E-state index in [1.807, 2.05) is 0 Å². The Labute approximate surface area is 159 Å². The van der Waals surface area contributed by atoms with Crippen molar-refractivity contribution in [1.82, 2.24) is 24.7 Å². The maximum atomic E-state index is 6.26. The summed E-state index contributed by atoms with van der Waals surface area (Å²) in [6.07, 6.45) is 12.2. The standard InChI is InChI=1S/C20H38N6/c1-17-9-3-5-13-24(17)15-7-11-19-22-23-20(26(19)21)12-8-16-25-14-6-4-10-18(25)2/h17-18H,3-16,21H2,1-2H3/t17-,18-/m1/s1. The van der Waals surface area contributed by atoms with E-state index in [1.54, 1.807) is 4.68 Å². The van der Waals surface area contributed by atoms with E-state index < -0.39 is 0 Å². The molecule has 0 spiro atoms.